The molecule has 154 valence electrons. The zero-order chi connectivity index (χ0) is 21.8. The molecule has 2 heterocycles. The van der Waals surface area contributed by atoms with Gasteiger partial charge < -0.3 is 10.2 Å². The van der Waals surface area contributed by atoms with E-state index >= 15 is 0 Å². The monoisotopic (exact) mass is 415 g/mol. The van der Waals surface area contributed by atoms with Crippen molar-refractivity contribution >= 4 is 21.4 Å². The molecule has 4 heteroatoms. The van der Waals surface area contributed by atoms with Crippen molar-refractivity contribution in [2.75, 3.05) is 7.05 Å². The third-order valence-electron chi connectivity index (χ3n) is 5.29. The fourth-order valence-corrected chi connectivity index (χ4v) is 4.51. The lowest BCUT2D eigenvalue weighted by molar-refractivity contribution is 0.356. The van der Waals surface area contributed by atoms with Gasteiger partial charge >= 0.3 is 0 Å². The number of fused-ring (bicyclic) bond motifs is 1. The Balaban J connectivity index is 0.000000806. The molecule has 0 radical (unpaired) electrons. The molecule has 3 aromatic rings. The molecule has 0 saturated carbocycles. The molecule has 0 spiro atoms. The van der Waals surface area contributed by atoms with Crippen LogP contribution in [0.1, 0.15) is 49.4 Å². The van der Waals surface area contributed by atoms with Crippen molar-refractivity contribution in [2.45, 2.75) is 39.7 Å². The zero-order valence-electron chi connectivity index (χ0n) is 18.2. The van der Waals surface area contributed by atoms with E-state index in [1.54, 1.807) is 11.3 Å². The Labute approximate surface area is 184 Å². The fraction of sp³-hybridized carbons (Fsp3) is 0.269. The minimum Gasteiger partial charge on any atom is -0.365 e. The van der Waals surface area contributed by atoms with E-state index in [1.807, 2.05) is 30.1 Å². The van der Waals surface area contributed by atoms with Crippen molar-refractivity contribution in [3.63, 3.8) is 0 Å². The van der Waals surface area contributed by atoms with Crippen LogP contribution in [-0.4, -0.2) is 11.9 Å². The number of nitrogens with one attached hydrogen (secondary N) is 1. The molecule has 1 unspecified atom stereocenters. The Morgan fingerprint density at radius 1 is 1.17 bits per heavy atom. The van der Waals surface area contributed by atoms with Gasteiger partial charge in [0.2, 0.25) is 0 Å². The van der Waals surface area contributed by atoms with Gasteiger partial charge in [-0.3, -0.25) is 0 Å². The van der Waals surface area contributed by atoms with Gasteiger partial charge in [-0.15, -0.1) is 11.3 Å². The number of benzene rings is 2. The second-order valence-corrected chi connectivity index (χ2v) is 8.65. The average Bonchev–Trinajstić information content (AvgIpc) is 3.21. The van der Waals surface area contributed by atoms with E-state index in [0.29, 0.717) is 5.56 Å². The molecular weight excluding hydrogens is 386 g/mol. The standard InChI is InChI=1S/C23H21N3S.C3H8/c1-14-5-6-17(13-24)10-20(14)21-12-19(11-18-7-8-27-23(18)21)22-9-15(2)26(4)16(3)25-22;1-3-2/h5-8,10-12,22,25H,2-3,9H2,1,4H3;3H2,1-2H3. The lowest BCUT2D eigenvalue weighted by Crippen LogP contribution is -2.36. The van der Waals surface area contributed by atoms with Gasteiger partial charge in [-0.25, -0.2) is 0 Å². The van der Waals surface area contributed by atoms with Gasteiger partial charge in [0.25, 0.3) is 0 Å². The topological polar surface area (TPSA) is 39.1 Å². The van der Waals surface area contributed by atoms with Crippen molar-refractivity contribution in [2.24, 2.45) is 0 Å². The van der Waals surface area contributed by atoms with Gasteiger partial charge in [-0.1, -0.05) is 39.5 Å². The largest absolute Gasteiger partial charge is 0.365 e. The summed E-state index contributed by atoms with van der Waals surface area (Å²) in [4.78, 5) is 2.00. The van der Waals surface area contributed by atoms with E-state index in [1.165, 1.54) is 33.2 Å². The highest BCUT2D eigenvalue weighted by molar-refractivity contribution is 7.17. The van der Waals surface area contributed by atoms with Crippen LogP contribution in [0.15, 0.2) is 66.5 Å². The molecule has 0 bridgehead atoms. The summed E-state index contributed by atoms with van der Waals surface area (Å²) in [6.07, 6.45) is 2.09. The van der Waals surface area contributed by atoms with Gasteiger partial charge in [0.1, 0.15) is 0 Å². The molecule has 4 rings (SSSR count). The maximum absolute atomic E-state index is 9.33. The number of aryl methyl sites for hydroxylation is 1. The molecule has 1 aliphatic heterocycles. The number of rotatable bonds is 2. The highest BCUT2D eigenvalue weighted by Gasteiger charge is 2.24. The maximum atomic E-state index is 9.33. The van der Waals surface area contributed by atoms with Crippen LogP contribution in [0.5, 0.6) is 0 Å². The number of thiophene rings is 1. The van der Waals surface area contributed by atoms with Crippen molar-refractivity contribution in [3.05, 3.63) is 83.1 Å². The van der Waals surface area contributed by atoms with Crippen molar-refractivity contribution in [1.29, 1.82) is 5.26 Å². The first-order valence-electron chi connectivity index (χ1n) is 10.3. The molecule has 0 aliphatic carbocycles. The van der Waals surface area contributed by atoms with Gasteiger partial charge in [0.15, 0.2) is 0 Å². The van der Waals surface area contributed by atoms with Gasteiger partial charge in [0, 0.05) is 29.4 Å². The van der Waals surface area contributed by atoms with E-state index in [0.717, 1.165) is 23.5 Å². The third kappa shape index (κ3) is 4.27. The van der Waals surface area contributed by atoms with E-state index in [2.05, 4.69) is 68.9 Å². The smallest absolute Gasteiger partial charge is 0.0991 e. The highest BCUT2D eigenvalue weighted by Crippen LogP contribution is 2.39. The van der Waals surface area contributed by atoms with Crippen LogP contribution in [0, 0.1) is 18.3 Å². The first kappa shape index (κ1) is 21.7. The lowest BCUT2D eigenvalue weighted by atomic mass is 9.92. The fourth-order valence-electron chi connectivity index (χ4n) is 3.60. The first-order valence-corrected chi connectivity index (χ1v) is 11.2. The summed E-state index contributed by atoms with van der Waals surface area (Å²) in [5.41, 5.74) is 6.43. The number of nitriles is 1. The van der Waals surface area contributed by atoms with Crippen molar-refractivity contribution in [3.8, 4) is 17.2 Å². The van der Waals surface area contributed by atoms with Gasteiger partial charge in [0.05, 0.1) is 23.5 Å². The Morgan fingerprint density at radius 2 is 1.90 bits per heavy atom. The van der Waals surface area contributed by atoms with E-state index in [4.69, 9.17) is 0 Å². The first-order chi connectivity index (χ1) is 14.4. The Kier molecular flexibility index (Phi) is 6.64. The average molecular weight is 416 g/mol. The van der Waals surface area contributed by atoms with Crippen LogP contribution in [0.3, 0.4) is 0 Å². The zero-order valence-corrected chi connectivity index (χ0v) is 19.1. The third-order valence-corrected chi connectivity index (χ3v) is 6.26. The quantitative estimate of drug-likeness (QED) is 0.484. The van der Waals surface area contributed by atoms with E-state index in [9.17, 15) is 5.26 Å². The molecule has 1 fully saturated rings. The highest BCUT2D eigenvalue weighted by atomic mass is 32.1. The van der Waals surface area contributed by atoms with Crippen LogP contribution in [0.25, 0.3) is 21.2 Å². The maximum Gasteiger partial charge on any atom is 0.0991 e. The predicted octanol–water partition coefficient (Wildman–Crippen LogP) is 7.12. The van der Waals surface area contributed by atoms with Crippen molar-refractivity contribution in [1.82, 2.24) is 10.2 Å². The molecular formula is C26H29N3S. The second-order valence-electron chi connectivity index (χ2n) is 7.73. The Morgan fingerprint density at radius 3 is 2.57 bits per heavy atom. The number of hydrogen-bond acceptors (Lipinski definition) is 4. The van der Waals surface area contributed by atoms with E-state index < -0.39 is 0 Å². The number of nitrogens with zero attached hydrogens (tertiary/aromatic N) is 2. The summed E-state index contributed by atoms with van der Waals surface area (Å²) in [7, 11) is 1.98. The Bertz CT molecular complexity index is 1110. The molecule has 1 aliphatic rings. The van der Waals surface area contributed by atoms with Crippen LogP contribution >= 0.6 is 11.3 Å². The molecule has 1 saturated heterocycles. The summed E-state index contributed by atoms with van der Waals surface area (Å²) in [5.74, 6) is 0.867. The van der Waals surface area contributed by atoms with Gasteiger partial charge in [-0.05, 0) is 64.7 Å². The number of hydrogen-bond donors (Lipinski definition) is 1. The molecule has 1 atom stereocenters. The molecule has 1 aromatic heterocycles. The van der Waals surface area contributed by atoms with Crippen LogP contribution < -0.4 is 5.32 Å². The minimum absolute atomic E-state index is 0.142. The van der Waals surface area contributed by atoms with Gasteiger partial charge in [-0.2, -0.15) is 5.26 Å². The summed E-state index contributed by atoms with van der Waals surface area (Å²) in [6, 6.07) is 15.0. The summed E-state index contributed by atoms with van der Waals surface area (Å²) in [6.45, 7) is 14.6. The predicted molar refractivity (Wildman–Crippen MR) is 129 cm³/mol. The second kappa shape index (κ2) is 9.19. The SMILES string of the molecule is C=C1CC(c2cc(-c3cc(C#N)ccc3C)c3sccc3c2)NC(=C)N1C.CCC. The Hall–Kier alpha value is -3.03. The van der Waals surface area contributed by atoms with Crippen LogP contribution in [0.2, 0.25) is 0 Å². The molecule has 3 nitrogen and oxygen atoms in total. The minimum atomic E-state index is 0.142. The summed E-state index contributed by atoms with van der Waals surface area (Å²) < 4.78 is 1.25. The molecule has 0 amide bonds. The van der Waals surface area contributed by atoms with E-state index in [-0.39, 0.29) is 6.04 Å². The molecule has 30 heavy (non-hydrogen) atoms. The summed E-state index contributed by atoms with van der Waals surface area (Å²) >= 11 is 1.74. The molecule has 1 N–H and O–H groups in total. The van der Waals surface area contributed by atoms with Crippen LogP contribution in [0.4, 0.5) is 0 Å². The lowest BCUT2D eigenvalue weighted by Gasteiger charge is -2.36. The van der Waals surface area contributed by atoms with Crippen LogP contribution in [-0.2, 0) is 0 Å². The summed E-state index contributed by atoms with van der Waals surface area (Å²) in [5, 5.41) is 16.2. The molecule has 2 aromatic carbocycles. The van der Waals surface area contributed by atoms with Crippen molar-refractivity contribution < 1.29 is 0 Å². The normalized spacial score (nSPS) is 16.0.